The second-order valence-electron chi connectivity index (χ2n) is 9.62. The van der Waals surface area contributed by atoms with Crippen molar-refractivity contribution in [3.8, 4) is 0 Å². The number of carboxylic acids is 2. The molecule has 0 aromatic heterocycles. The van der Waals surface area contributed by atoms with Crippen LogP contribution in [0.25, 0.3) is 0 Å². The maximum Gasteiger partial charge on any atom is 1.00 e. The van der Waals surface area contributed by atoms with Gasteiger partial charge in [0.1, 0.15) is 4.75 Å². The summed E-state index contributed by atoms with van der Waals surface area (Å²) in [6.45, 7) is 5.02. The number of carbonyl (C=O) groups excluding carboxylic acids is 2. The summed E-state index contributed by atoms with van der Waals surface area (Å²) in [6.07, 6.45) is 14.4. The molecular formula is C25H46Na2O7S. The molecule has 0 aromatic carbocycles. The third kappa shape index (κ3) is 13.5. The predicted molar refractivity (Wildman–Crippen MR) is 127 cm³/mol. The molecule has 0 saturated heterocycles. The Morgan fingerprint density at radius 3 is 1.14 bits per heavy atom. The predicted octanol–water partition coefficient (Wildman–Crippen LogP) is -1.81. The van der Waals surface area contributed by atoms with Gasteiger partial charge in [0.15, 0.2) is 0 Å². The molecular weight excluding hydrogens is 490 g/mol. The first kappa shape index (κ1) is 40.3. The largest absolute Gasteiger partial charge is 1.00 e. The topological polar surface area (TPSA) is 135 Å². The van der Waals surface area contributed by atoms with E-state index in [-0.39, 0.29) is 72.0 Å². The molecule has 0 heterocycles. The first-order valence-electron chi connectivity index (χ1n) is 12.9. The van der Waals surface area contributed by atoms with Crippen LogP contribution in [0.4, 0.5) is 0 Å². The van der Waals surface area contributed by atoms with Crippen molar-refractivity contribution in [1.29, 1.82) is 0 Å². The first-order chi connectivity index (χ1) is 15.5. The molecule has 0 amide bonds. The molecule has 0 fully saturated rings. The summed E-state index contributed by atoms with van der Waals surface area (Å²) in [7, 11) is -5.26. The Morgan fingerprint density at radius 2 is 0.914 bits per heavy atom. The van der Waals surface area contributed by atoms with E-state index in [9.17, 15) is 32.8 Å². The quantitative estimate of drug-likeness (QED) is 0.0979. The Morgan fingerprint density at radius 1 is 0.629 bits per heavy atom. The smallest absolute Gasteiger partial charge is 0.549 e. The van der Waals surface area contributed by atoms with Crippen LogP contribution in [0.3, 0.4) is 0 Å². The van der Waals surface area contributed by atoms with E-state index in [1.54, 1.807) is 0 Å². The normalized spacial score (nSPS) is 13.4. The molecule has 10 heteroatoms. The van der Waals surface area contributed by atoms with Gasteiger partial charge in [-0.2, -0.15) is 8.42 Å². The average Bonchev–Trinajstić information content (AvgIpc) is 2.74. The van der Waals surface area contributed by atoms with E-state index in [4.69, 9.17) is 0 Å². The van der Waals surface area contributed by atoms with Gasteiger partial charge in [-0.25, -0.2) is 0 Å². The van der Waals surface area contributed by atoms with E-state index in [1.165, 1.54) is 12.8 Å². The third-order valence-electron chi connectivity index (χ3n) is 7.12. The van der Waals surface area contributed by atoms with Crippen LogP contribution in [0.1, 0.15) is 136 Å². The van der Waals surface area contributed by atoms with Crippen molar-refractivity contribution >= 4 is 22.1 Å². The molecule has 0 aliphatic heterocycles. The number of rotatable bonds is 22. The Kier molecular flexibility index (Phi) is 25.1. The Labute approximate surface area is 258 Å². The fourth-order valence-electron chi connectivity index (χ4n) is 4.67. The third-order valence-corrected chi connectivity index (χ3v) is 8.71. The van der Waals surface area contributed by atoms with Crippen molar-refractivity contribution in [2.45, 2.75) is 141 Å². The molecule has 7 nitrogen and oxygen atoms in total. The molecule has 1 unspecified atom stereocenters. The SMILES string of the molecule is CCCCCCCCCCC(CCCCCCCCCC)(C(=O)[O-])C(C)(C(=O)[O-])S(=O)(=O)O.[Na+].[Na+]. The minimum Gasteiger partial charge on any atom is -0.549 e. The van der Waals surface area contributed by atoms with E-state index < -0.39 is 32.2 Å². The van der Waals surface area contributed by atoms with Gasteiger partial charge in [0, 0.05) is 11.4 Å². The molecule has 0 aliphatic carbocycles. The summed E-state index contributed by atoms with van der Waals surface area (Å²) < 4.78 is 31.1. The van der Waals surface area contributed by atoms with E-state index in [2.05, 4.69) is 13.8 Å². The molecule has 1 atom stereocenters. The monoisotopic (exact) mass is 536 g/mol. The van der Waals surface area contributed by atoms with Crippen LogP contribution < -0.4 is 69.3 Å². The molecule has 196 valence electrons. The fraction of sp³-hybridized carbons (Fsp3) is 0.920. The minimum atomic E-state index is -5.26. The van der Waals surface area contributed by atoms with Crippen LogP contribution in [-0.2, 0) is 19.7 Å². The molecule has 0 spiro atoms. The minimum absolute atomic E-state index is 0. The Hall–Kier alpha value is 0.850. The van der Waals surface area contributed by atoms with Gasteiger partial charge in [0.2, 0.25) is 0 Å². The molecule has 0 aromatic rings. The number of hydrogen-bond donors (Lipinski definition) is 1. The zero-order valence-corrected chi connectivity index (χ0v) is 27.8. The molecule has 0 saturated carbocycles. The molecule has 0 bridgehead atoms. The van der Waals surface area contributed by atoms with E-state index in [0.717, 1.165) is 71.1 Å². The van der Waals surface area contributed by atoms with Crippen molar-refractivity contribution in [2.24, 2.45) is 5.41 Å². The Bertz CT molecular complexity index is 651. The van der Waals surface area contributed by atoms with Gasteiger partial charge in [0.25, 0.3) is 10.1 Å². The van der Waals surface area contributed by atoms with Gasteiger partial charge < -0.3 is 19.8 Å². The van der Waals surface area contributed by atoms with Crippen LogP contribution in [-0.4, -0.2) is 29.7 Å². The molecule has 1 N–H and O–H groups in total. The summed E-state index contributed by atoms with van der Waals surface area (Å²) in [6, 6.07) is 0. The summed E-state index contributed by atoms with van der Waals surface area (Å²) in [5.74, 6) is -3.86. The summed E-state index contributed by atoms with van der Waals surface area (Å²) >= 11 is 0. The fourth-order valence-corrected chi connectivity index (χ4v) is 5.66. The van der Waals surface area contributed by atoms with Crippen LogP contribution in [0.15, 0.2) is 0 Å². The van der Waals surface area contributed by atoms with Gasteiger partial charge in [-0.1, -0.05) is 117 Å². The van der Waals surface area contributed by atoms with Crippen molar-refractivity contribution < 1.29 is 91.9 Å². The molecule has 0 rings (SSSR count). The zero-order valence-electron chi connectivity index (χ0n) is 23.0. The van der Waals surface area contributed by atoms with Gasteiger partial charge in [-0.3, -0.25) is 4.55 Å². The number of carboxylic acid groups (broad SMARTS) is 2. The van der Waals surface area contributed by atoms with Crippen molar-refractivity contribution in [3.63, 3.8) is 0 Å². The second-order valence-corrected chi connectivity index (χ2v) is 11.4. The van der Waals surface area contributed by atoms with Gasteiger partial charge >= 0.3 is 59.1 Å². The average molecular weight is 537 g/mol. The van der Waals surface area contributed by atoms with Crippen molar-refractivity contribution in [2.75, 3.05) is 0 Å². The van der Waals surface area contributed by atoms with E-state index in [0.29, 0.717) is 25.7 Å². The van der Waals surface area contributed by atoms with E-state index in [1.807, 2.05) is 0 Å². The standard InChI is InChI=1S/C25H48O7S.2Na/c1-4-6-8-10-12-14-16-18-20-25(23(28)29,24(3,22(26)27)33(30,31)32)21-19-17-15-13-11-9-7-5-2;;/h4-21H2,1-3H3,(H,26,27)(H,28,29)(H,30,31,32);;/q;2*+1/p-2. The van der Waals surface area contributed by atoms with Crippen LogP contribution >= 0.6 is 0 Å². The maximum absolute atomic E-state index is 12.3. The molecule has 35 heavy (non-hydrogen) atoms. The first-order valence-corrected chi connectivity index (χ1v) is 14.3. The zero-order chi connectivity index (χ0) is 25.4. The Balaban J connectivity index is -0.00000512. The van der Waals surface area contributed by atoms with Crippen molar-refractivity contribution in [3.05, 3.63) is 0 Å². The van der Waals surface area contributed by atoms with Crippen molar-refractivity contribution in [1.82, 2.24) is 0 Å². The summed E-state index contributed by atoms with van der Waals surface area (Å²) in [5, 5.41) is 24.3. The number of unbranched alkanes of at least 4 members (excludes halogenated alkanes) is 14. The summed E-state index contributed by atoms with van der Waals surface area (Å²) in [5.41, 5.74) is -2.25. The van der Waals surface area contributed by atoms with Gasteiger partial charge in [0.05, 0.1) is 5.97 Å². The molecule has 0 aliphatic rings. The van der Waals surface area contributed by atoms with Gasteiger partial charge in [-0.05, 0) is 19.8 Å². The maximum atomic E-state index is 12.3. The van der Waals surface area contributed by atoms with Crippen LogP contribution in [0.2, 0.25) is 0 Å². The van der Waals surface area contributed by atoms with E-state index >= 15 is 0 Å². The number of aliphatic carboxylic acids is 2. The second kappa shape index (κ2) is 21.7. The van der Waals surface area contributed by atoms with Crippen LogP contribution in [0.5, 0.6) is 0 Å². The number of hydrogen-bond acceptors (Lipinski definition) is 6. The van der Waals surface area contributed by atoms with Crippen LogP contribution in [0, 0.1) is 5.41 Å². The molecule has 0 radical (unpaired) electrons. The number of carbonyl (C=O) groups is 2. The summed E-state index contributed by atoms with van der Waals surface area (Å²) in [4.78, 5) is 24.3. The van der Waals surface area contributed by atoms with Gasteiger partial charge in [-0.15, -0.1) is 0 Å².